The summed E-state index contributed by atoms with van der Waals surface area (Å²) >= 11 is 3.38. The van der Waals surface area contributed by atoms with Crippen LogP contribution in [0.3, 0.4) is 0 Å². The number of hydrogen-bond acceptors (Lipinski definition) is 2. The van der Waals surface area contributed by atoms with Gasteiger partial charge in [0.1, 0.15) is 0 Å². The van der Waals surface area contributed by atoms with Crippen molar-refractivity contribution in [3.8, 4) is 0 Å². The fraction of sp³-hybridized carbons (Fsp3) is 0.636. The summed E-state index contributed by atoms with van der Waals surface area (Å²) in [5, 5.41) is 5.11. The van der Waals surface area contributed by atoms with Gasteiger partial charge in [-0.3, -0.25) is 9.48 Å². The Morgan fingerprint density at radius 2 is 2.31 bits per heavy atom. The molecule has 0 unspecified atom stereocenters. The lowest BCUT2D eigenvalue weighted by atomic mass is 10.2. The molecule has 0 bridgehead atoms. The minimum Gasteiger partial charge on any atom is -0.339 e. The van der Waals surface area contributed by atoms with Crippen molar-refractivity contribution in [1.29, 1.82) is 0 Å². The van der Waals surface area contributed by atoms with Gasteiger partial charge in [0.25, 0.3) is 5.91 Å². The molecule has 0 saturated carbocycles. The number of rotatable bonds is 5. The Bertz CT molecular complexity index is 362. The van der Waals surface area contributed by atoms with E-state index >= 15 is 0 Å². The number of halogens is 1. The van der Waals surface area contributed by atoms with E-state index in [9.17, 15) is 4.79 Å². The van der Waals surface area contributed by atoms with Crippen LogP contribution in [0, 0.1) is 6.92 Å². The molecule has 5 heteroatoms. The first kappa shape index (κ1) is 13.2. The summed E-state index contributed by atoms with van der Waals surface area (Å²) in [7, 11) is 1.83. The van der Waals surface area contributed by atoms with Gasteiger partial charge >= 0.3 is 0 Å². The van der Waals surface area contributed by atoms with Gasteiger partial charge in [-0.05, 0) is 20.3 Å². The molecular weight excluding hydrogens is 270 g/mol. The van der Waals surface area contributed by atoms with E-state index in [1.807, 2.05) is 25.8 Å². The molecule has 0 saturated heterocycles. The van der Waals surface area contributed by atoms with E-state index in [1.54, 1.807) is 10.9 Å². The highest BCUT2D eigenvalue weighted by molar-refractivity contribution is 9.09. The van der Waals surface area contributed by atoms with Crippen LogP contribution in [0.5, 0.6) is 0 Å². The molecule has 0 spiro atoms. The van der Waals surface area contributed by atoms with Crippen LogP contribution in [0.2, 0.25) is 0 Å². The molecule has 0 aromatic carbocycles. The largest absolute Gasteiger partial charge is 0.339 e. The third-order valence-corrected chi connectivity index (χ3v) is 3.04. The molecule has 1 heterocycles. The number of nitrogens with zero attached hydrogens (tertiary/aromatic N) is 3. The molecule has 90 valence electrons. The van der Waals surface area contributed by atoms with Gasteiger partial charge in [0, 0.05) is 31.7 Å². The molecule has 0 fully saturated rings. The molecule has 4 nitrogen and oxygen atoms in total. The SMILES string of the molecule is CCN(CCCBr)C(=O)c1cn(C)nc1C. The molecular formula is C11H18BrN3O. The normalized spacial score (nSPS) is 10.5. The molecule has 0 aliphatic rings. The van der Waals surface area contributed by atoms with E-state index in [4.69, 9.17) is 0 Å². The number of carbonyl (C=O) groups excluding carboxylic acids is 1. The Morgan fingerprint density at radius 1 is 1.62 bits per heavy atom. The Labute approximate surface area is 105 Å². The van der Waals surface area contributed by atoms with Crippen LogP contribution in [0.15, 0.2) is 6.20 Å². The van der Waals surface area contributed by atoms with Crippen molar-refractivity contribution in [3.05, 3.63) is 17.5 Å². The predicted octanol–water partition coefficient (Wildman–Crippen LogP) is 1.98. The van der Waals surface area contributed by atoms with Crippen LogP contribution in [0.1, 0.15) is 29.4 Å². The van der Waals surface area contributed by atoms with Crippen molar-refractivity contribution in [2.75, 3.05) is 18.4 Å². The number of hydrogen-bond donors (Lipinski definition) is 0. The second kappa shape index (κ2) is 6.03. The summed E-state index contributed by atoms with van der Waals surface area (Å²) in [5.41, 5.74) is 1.50. The molecule has 1 rings (SSSR count). The van der Waals surface area contributed by atoms with Gasteiger partial charge < -0.3 is 4.90 Å². The van der Waals surface area contributed by atoms with Crippen LogP contribution in [0.25, 0.3) is 0 Å². The van der Waals surface area contributed by atoms with Crippen LogP contribution in [-0.4, -0.2) is 39.0 Å². The zero-order valence-electron chi connectivity index (χ0n) is 10.0. The molecule has 0 aliphatic carbocycles. The monoisotopic (exact) mass is 287 g/mol. The Balaban J connectivity index is 2.78. The average Bonchev–Trinajstić information content (AvgIpc) is 2.58. The van der Waals surface area contributed by atoms with E-state index in [0.29, 0.717) is 5.56 Å². The summed E-state index contributed by atoms with van der Waals surface area (Å²) in [6.07, 6.45) is 2.76. The van der Waals surface area contributed by atoms with Crippen LogP contribution in [-0.2, 0) is 7.05 Å². The highest BCUT2D eigenvalue weighted by atomic mass is 79.9. The number of alkyl halides is 1. The van der Waals surface area contributed by atoms with Gasteiger partial charge in [0.2, 0.25) is 0 Å². The maximum absolute atomic E-state index is 12.2. The van der Waals surface area contributed by atoms with Gasteiger partial charge in [-0.2, -0.15) is 5.10 Å². The Kier molecular flexibility index (Phi) is 4.99. The van der Waals surface area contributed by atoms with Gasteiger partial charge in [0.05, 0.1) is 11.3 Å². The van der Waals surface area contributed by atoms with Crippen molar-refractivity contribution in [3.63, 3.8) is 0 Å². The van der Waals surface area contributed by atoms with Crippen LogP contribution >= 0.6 is 15.9 Å². The first-order valence-corrected chi connectivity index (χ1v) is 6.57. The van der Waals surface area contributed by atoms with Gasteiger partial charge in [-0.25, -0.2) is 0 Å². The topological polar surface area (TPSA) is 38.1 Å². The fourth-order valence-electron chi connectivity index (χ4n) is 1.63. The number of amides is 1. The Hall–Kier alpha value is -0.840. The van der Waals surface area contributed by atoms with Crippen molar-refractivity contribution < 1.29 is 4.79 Å². The maximum Gasteiger partial charge on any atom is 0.257 e. The second-order valence-corrected chi connectivity index (χ2v) is 4.52. The van der Waals surface area contributed by atoms with Gasteiger partial charge in [-0.1, -0.05) is 15.9 Å². The van der Waals surface area contributed by atoms with Gasteiger partial charge in [0.15, 0.2) is 0 Å². The van der Waals surface area contributed by atoms with E-state index in [-0.39, 0.29) is 5.91 Å². The minimum absolute atomic E-state index is 0.0778. The van der Waals surface area contributed by atoms with Gasteiger partial charge in [-0.15, -0.1) is 0 Å². The van der Waals surface area contributed by atoms with Crippen molar-refractivity contribution in [2.24, 2.45) is 7.05 Å². The quantitative estimate of drug-likeness (QED) is 0.777. The third kappa shape index (κ3) is 3.07. The molecule has 1 aromatic rings. The molecule has 16 heavy (non-hydrogen) atoms. The van der Waals surface area contributed by atoms with E-state index < -0.39 is 0 Å². The summed E-state index contributed by atoms with van der Waals surface area (Å²) in [4.78, 5) is 14.0. The van der Waals surface area contributed by atoms with Crippen molar-refractivity contribution in [1.82, 2.24) is 14.7 Å². The summed E-state index contributed by atoms with van der Waals surface area (Å²) in [6, 6.07) is 0. The molecule has 0 atom stereocenters. The van der Waals surface area contributed by atoms with Crippen LogP contribution in [0.4, 0.5) is 0 Å². The Morgan fingerprint density at radius 3 is 2.75 bits per heavy atom. The third-order valence-electron chi connectivity index (χ3n) is 2.47. The summed E-state index contributed by atoms with van der Waals surface area (Å²) in [5.74, 6) is 0.0778. The lowest BCUT2D eigenvalue weighted by molar-refractivity contribution is 0.0764. The highest BCUT2D eigenvalue weighted by Crippen LogP contribution is 2.09. The van der Waals surface area contributed by atoms with Crippen molar-refractivity contribution in [2.45, 2.75) is 20.3 Å². The smallest absolute Gasteiger partial charge is 0.257 e. The molecule has 1 aromatic heterocycles. The standard InChI is InChI=1S/C11H18BrN3O/c1-4-15(7-5-6-12)11(16)10-8-14(3)13-9(10)2/h8H,4-7H2,1-3H3. The van der Waals surface area contributed by atoms with Crippen LogP contribution < -0.4 is 0 Å². The number of aryl methyl sites for hydroxylation is 2. The average molecular weight is 288 g/mol. The summed E-state index contributed by atoms with van der Waals surface area (Å²) in [6.45, 7) is 5.39. The predicted molar refractivity (Wildman–Crippen MR) is 67.9 cm³/mol. The molecule has 0 radical (unpaired) electrons. The lowest BCUT2D eigenvalue weighted by Crippen LogP contribution is -2.32. The lowest BCUT2D eigenvalue weighted by Gasteiger charge is -2.19. The molecule has 0 N–H and O–H groups in total. The van der Waals surface area contributed by atoms with E-state index in [0.717, 1.165) is 30.5 Å². The number of carbonyl (C=O) groups is 1. The van der Waals surface area contributed by atoms with E-state index in [1.165, 1.54) is 0 Å². The summed E-state index contributed by atoms with van der Waals surface area (Å²) < 4.78 is 1.68. The molecule has 0 aliphatic heterocycles. The van der Waals surface area contributed by atoms with E-state index in [2.05, 4.69) is 21.0 Å². The fourth-order valence-corrected chi connectivity index (χ4v) is 1.88. The zero-order chi connectivity index (χ0) is 12.1. The first-order valence-electron chi connectivity index (χ1n) is 5.45. The minimum atomic E-state index is 0.0778. The second-order valence-electron chi connectivity index (χ2n) is 3.73. The zero-order valence-corrected chi connectivity index (χ0v) is 11.6. The first-order chi connectivity index (χ1) is 7.60. The maximum atomic E-state index is 12.2. The van der Waals surface area contributed by atoms with Crippen molar-refractivity contribution >= 4 is 21.8 Å². The highest BCUT2D eigenvalue weighted by Gasteiger charge is 2.17. The number of aromatic nitrogens is 2. The molecule has 1 amide bonds.